The summed E-state index contributed by atoms with van der Waals surface area (Å²) in [6.45, 7) is 1.89. The normalized spacial score (nSPS) is 11.0. The number of carbonyl (C=O) groups excluding carboxylic acids is 1. The Kier molecular flexibility index (Phi) is 4.40. The van der Waals surface area contributed by atoms with Crippen LogP contribution in [0.25, 0.3) is 11.8 Å². The average molecular weight is 323 g/mol. The fourth-order valence-electron chi connectivity index (χ4n) is 2.32. The second-order valence-corrected chi connectivity index (χ2v) is 5.58. The largest absolute Gasteiger partial charge is 0.289 e. The molecule has 0 saturated heterocycles. The molecule has 3 aromatic rings. The van der Waals surface area contributed by atoms with Crippen LogP contribution in [0.3, 0.4) is 0 Å². The van der Waals surface area contributed by atoms with Crippen molar-refractivity contribution in [3.05, 3.63) is 88.7 Å². The van der Waals surface area contributed by atoms with Crippen molar-refractivity contribution in [1.82, 2.24) is 9.78 Å². The lowest BCUT2D eigenvalue weighted by Crippen LogP contribution is -2.01. The fraction of sp³-hybridized carbons (Fsp3) is 0.0526. The molecular weight excluding hydrogens is 308 g/mol. The van der Waals surface area contributed by atoms with Crippen LogP contribution < -0.4 is 0 Å². The van der Waals surface area contributed by atoms with Crippen LogP contribution >= 0.6 is 11.6 Å². The van der Waals surface area contributed by atoms with Gasteiger partial charge in [-0.15, -0.1) is 0 Å². The van der Waals surface area contributed by atoms with Crippen LogP contribution in [0.5, 0.6) is 0 Å². The molecule has 4 heteroatoms. The Balaban J connectivity index is 1.83. The van der Waals surface area contributed by atoms with E-state index in [1.165, 1.54) is 0 Å². The Hall–Kier alpha value is -2.65. The molecule has 1 aromatic heterocycles. The van der Waals surface area contributed by atoms with Crippen molar-refractivity contribution in [2.75, 3.05) is 0 Å². The number of carbonyl (C=O) groups is 1. The zero-order valence-electron chi connectivity index (χ0n) is 12.6. The topological polar surface area (TPSA) is 34.9 Å². The van der Waals surface area contributed by atoms with Crippen LogP contribution in [0.2, 0.25) is 5.02 Å². The summed E-state index contributed by atoms with van der Waals surface area (Å²) in [4.78, 5) is 12.4. The second kappa shape index (κ2) is 6.63. The molecule has 0 radical (unpaired) electrons. The Morgan fingerprint density at radius 1 is 1.09 bits per heavy atom. The Morgan fingerprint density at radius 3 is 2.48 bits per heavy atom. The molecule has 0 aliphatic rings. The van der Waals surface area contributed by atoms with Gasteiger partial charge in [0.2, 0.25) is 0 Å². The first-order valence-corrected chi connectivity index (χ1v) is 7.61. The molecular formula is C19H15ClN2O. The average Bonchev–Trinajstić information content (AvgIpc) is 2.96. The minimum absolute atomic E-state index is 0.0698. The highest BCUT2D eigenvalue weighted by Gasteiger charge is 2.12. The van der Waals surface area contributed by atoms with Crippen molar-refractivity contribution < 1.29 is 4.79 Å². The maximum Gasteiger partial charge on any atom is 0.189 e. The summed E-state index contributed by atoms with van der Waals surface area (Å²) in [5.74, 6) is -0.0698. The van der Waals surface area contributed by atoms with E-state index < -0.39 is 0 Å². The van der Waals surface area contributed by atoms with Crippen LogP contribution in [0.1, 0.15) is 21.6 Å². The fourth-order valence-corrected chi connectivity index (χ4v) is 2.44. The van der Waals surface area contributed by atoms with Crippen LogP contribution in [-0.2, 0) is 0 Å². The highest BCUT2D eigenvalue weighted by atomic mass is 35.5. The van der Waals surface area contributed by atoms with Gasteiger partial charge < -0.3 is 0 Å². The van der Waals surface area contributed by atoms with Crippen molar-refractivity contribution >= 4 is 23.5 Å². The minimum atomic E-state index is -0.0698. The molecule has 3 nitrogen and oxygen atoms in total. The monoisotopic (exact) mass is 322 g/mol. The highest BCUT2D eigenvalue weighted by molar-refractivity contribution is 6.30. The third kappa shape index (κ3) is 3.41. The molecule has 0 saturated carbocycles. The Bertz CT molecular complexity index is 849. The number of hydrogen-bond acceptors (Lipinski definition) is 2. The van der Waals surface area contributed by atoms with Crippen molar-refractivity contribution in [1.29, 1.82) is 0 Å². The van der Waals surface area contributed by atoms with Gasteiger partial charge in [-0.05, 0) is 42.8 Å². The van der Waals surface area contributed by atoms with Gasteiger partial charge in [0.1, 0.15) is 0 Å². The molecule has 114 valence electrons. The smallest absolute Gasteiger partial charge is 0.189 e. The third-order valence-electron chi connectivity index (χ3n) is 3.57. The van der Waals surface area contributed by atoms with Gasteiger partial charge >= 0.3 is 0 Å². The van der Waals surface area contributed by atoms with Gasteiger partial charge in [-0.25, -0.2) is 4.68 Å². The van der Waals surface area contributed by atoms with E-state index in [9.17, 15) is 4.79 Å². The zero-order valence-corrected chi connectivity index (χ0v) is 13.4. The molecule has 0 aliphatic carbocycles. The highest BCUT2D eigenvalue weighted by Crippen LogP contribution is 2.16. The minimum Gasteiger partial charge on any atom is -0.289 e. The summed E-state index contributed by atoms with van der Waals surface area (Å²) in [5, 5.41) is 4.99. The van der Waals surface area contributed by atoms with Crippen molar-refractivity contribution in [2.45, 2.75) is 6.92 Å². The van der Waals surface area contributed by atoms with Crippen LogP contribution in [-0.4, -0.2) is 15.6 Å². The summed E-state index contributed by atoms with van der Waals surface area (Å²) < 4.78 is 1.77. The number of nitrogens with zero attached hydrogens (tertiary/aromatic N) is 2. The molecule has 0 atom stereocenters. The van der Waals surface area contributed by atoms with E-state index in [-0.39, 0.29) is 5.78 Å². The number of aromatic nitrogens is 2. The molecule has 1 heterocycles. The van der Waals surface area contributed by atoms with E-state index in [1.54, 1.807) is 35.2 Å². The van der Waals surface area contributed by atoms with Gasteiger partial charge in [0.15, 0.2) is 5.78 Å². The summed E-state index contributed by atoms with van der Waals surface area (Å²) in [6, 6.07) is 17.1. The van der Waals surface area contributed by atoms with E-state index in [1.807, 2.05) is 49.4 Å². The zero-order chi connectivity index (χ0) is 16.2. The standard InChI is InChI=1S/C19H15ClN2O/c1-14-18(13-21-22(14)17-5-3-2-4-6-17)19(23)12-9-15-7-10-16(20)11-8-15/h2-13H,1H3. The summed E-state index contributed by atoms with van der Waals surface area (Å²) in [7, 11) is 0. The molecule has 0 aliphatic heterocycles. The number of ketones is 1. The van der Waals surface area contributed by atoms with Crippen molar-refractivity contribution in [3.8, 4) is 5.69 Å². The molecule has 23 heavy (non-hydrogen) atoms. The van der Waals surface area contributed by atoms with Crippen molar-refractivity contribution in [3.63, 3.8) is 0 Å². The maximum atomic E-state index is 12.4. The quantitative estimate of drug-likeness (QED) is 0.514. The molecule has 0 N–H and O–H groups in total. The van der Waals surface area contributed by atoms with E-state index in [0.717, 1.165) is 16.9 Å². The van der Waals surface area contributed by atoms with Crippen LogP contribution in [0.15, 0.2) is 66.9 Å². The van der Waals surface area contributed by atoms with Gasteiger partial charge in [0.25, 0.3) is 0 Å². The summed E-state index contributed by atoms with van der Waals surface area (Å²) in [6.07, 6.45) is 4.94. The van der Waals surface area contributed by atoms with Crippen molar-refractivity contribution in [2.24, 2.45) is 0 Å². The first-order chi connectivity index (χ1) is 11.1. The van der Waals surface area contributed by atoms with E-state index >= 15 is 0 Å². The van der Waals surface area contributed by atoms with Gasteiger partial charge in [-0.2, -0.15) is 5.10 Å². The van der Waals surface area contributed by atoms with Gasteiger partial charge in [0.05, 0.1) is 23.1 Å². The first kappa shape index (κ1) is 15.3. The molecule has 0 unspecified atom stereocenters. The first-order valence-electron chi connectivity index (χ1n) is 7.23. The Morgan fingerprint density at radius 2 is 1.78 bits per heavy atom. The number of rotatable bonds is 4. The van der Waals surface area contributed by atoms with Gasteiger partial charge in [-0.1, -0.05) is 48.0 Å². The van der Waals surface area contributed by atoms with Crippen LogP contribution in [0.4, 0.5) is 0 Å². The predicted molar refractivity (Wildman–Crippen MR) is 93.1 cm³/mol. The number of para-hydroxylation sites is 1. The molecule has 0 fully saturated rings. The third-order valence-corrected chi connectivity index (χ3v) is 3.83. The van der Waals surface area contributed by atoms with Gasteiger partial charge in [0, 0.05) is 5.02 Å². The molecule has 0 spiro atoms. The molecule has 3 rings (SSSR count). The summed E-state index contributed by atoms with van der Waals surface area (Å²) in [5.41, 5.74) is 3.28. The number of halogens is 1. The lowest BCUT2D eigenvalue weighted by atomic mass is 10.1. The maximum absolute atomic E-state index is 12.4. The van der Waals surface area contributed by atoms with Gasteiger partial charge in [-0.3, -0.25) is 4.79 Å². The molecule has 0 amide bonds. The summed E-state index contributed by atoms with van der Waals surface area (Å²) >= 11 is 5.85. The number of hydrogen-bond donors (Lipinski definition) is 0. The Labute approximate surface area is 139 Å². The lowest BCUT2D eigenvalue weighted by Gasteiger charge is -2.04. The predicted octanol–water partition coefficient (Wildman–Crippen LogP) is 4.73. The lowest BCUT2D eigenvalue weighted by molar-refractivity contribution is 0.104. The van der Waals surface area contributed by atoms with Crippen LogP contribution in [0, 0.1) is 6.92 Å². The van der Waals surface area contributed by atoms with E-state index in [4.69, 9.17) is 11.6 Å². The SMILES string of the molecule is Cc1c(C(=O)C=Cc2ccc(Cl)cc2)cnn1-c1ccccc1. The number of benzene rings is 2. The number of allylic oxidation sites excluding steroid dienone is 1. The molecule has 0 bridgehead atoms. The van der Waals surface area contributed by atoms with E-state index in [2.05, 4.69) is 5.10 Å². The van der Waals surface area contributed by atoms with E-state index in [0.29, 0.717) is 10.6 Å². The second-order valence-electron chi connectivity index (χ2n) is 5.14. The molecule has 2 aromatic carbocycles.